The van der Waals surface area contributed by atoms with Gasteiger partial charge in [-0.2, -0.15) is 0 Å². The number of amides is 1. The molecule has 0 spiro atoms. The van der Waals surface area contributed by atoms with E-state index in [9.17, 15) is 4.79 Å². The van der Waals surface area contributed by atoms with Crippen LogP contribution in [0.5, 0.6) is 0 Å². The summed E-state index contributed by atoms with van der Waals surface area (Å²) in [6.07, 6.45) is 2.57. The Hall–Kier alpha value is -1.31. The molecule has 1 heterocycles. The molecule has 1 aromatic rings. The first-order valence-corrected chi connectivity index (χ1v) is 6.79. The second-order valence-corrected chi connectivity index (χ2v) is 6.03. The Morgan fingerprint density at radius 2 is 1.83 bits per heavy atom. The molecule has 1 aliphatic rings. The first-order chi connectivity index (χ1) is 8.41. The number of hydrogen-bond donors (Lipinski definition) is 1. The van der Waals surface area contributed by atoms with Crippen molar-refractivity contribution in [2.45, 2.75) is 52.5 Å². The van der Waals surface area contributed by atoms with Gasteiger partial charge in [-0.3, -0.25) is 4.79 Å². The van der Waals surface area contributed by atoms with Crippen LogP contribution < -0.4 is 5.32 Å². The maximum atomic E-state index is 11.6. The van der Waals surface area contributed by atoms with Crippen LogP contribution >= 0.6 is 0 Å². The summed E-state index contributed by atoms with van der Waals surface area (Å²) in [4.78, 5) is 11.6. The van der Waals surface area contributed by atoms with Gasteiger partial charge >= 0.3 is 0 Å². The quantitative estimate of drug-likeness (QED) is 0.871. The molecule has 0 radical (unpaired) electrons. The molecule has 18 heavy (non-hydrogen) atoms. The summed E-state index contributed by atoms with van der Waals surface area (Å²) < 4.78 is 0. The minimum absolute atomic E-state index is 0.0443. The molecule has 98 valence electrons. The van der Waals surface area contributed by atoms with Gasteiger partial charge in [0.25, 0.3) is 0 Å². The first-order valence-electron chi connectivity index (χ1n) is 6.79. The van der Waals surface area contributed by atoms with Crippen molar-refractivity contribution in [2.24, 2.45) is 5.92 Å². The van der Waals surface area contributed by atoms with Gasteiger partial charge < -0.3 is 5.32 Å². The van der Waals surface area contributed by atoms with E-state index >= 15 is 0 Å². The summed E-state index contributed by atoms with van der Waals surface area (Å²) in [5, 5.41) is 3.22. The van der Waals surface area contributed by atoms with Crippen LogP contribution in [-0.2, 0) is 11.2 Å². The number of rotatable bonds is 3. The van der Waals surface area contributed by atoms with Gasteiger partial charge in [0.05, 0.1) is 0 Å². The predicted octanol–water partition coefficient (Wildman–Crippen LogP) is 3.15. The van der Waals surface area contributed by atoms with Gasteiger partial charge in [0.2, 0.25) is 5.91 Å². The van der Waals surface area contributed by atoms with Gasteiger partial charge in [-0.25, -0.2) is 0 Å². The predicted molar refractivity (Wildman–Crippen MR) is 74.6 cm³/mol. The molecular weight excluding hydrogens is 222 g/mol. The standard InChI is InChI=1S/C16H23NO/c1-11(2)16(6-5-15(18)17-16)10-14-8-12(3)7-13(4)9-14/h7-9,11H,5-6,10H2,1-4H3,(H,17,18). The average molecular weight is 245 g/mol. The SMILES string of the molecule is Cc1cc(C)cc(CC2(C(C)C)CCC(=O)N2)c1. The van der Waals surface area contributed by atoms with E-state index in [2.05, 4.69) is 51.2 Å². The van der Waals surface area contributed by atoms with Crippen molar-refractivity contribution in [3.05, 3.63) is 34.9 Å². The van der Waals surface area contributed by atoms with E-state index < -0.39 is 0 Å². The molecule has 1 aliphatic heterocycles. The Labute approximate surface area is 110 Å². The highest BCUT2D eigenvalue weighted by molar-refractivity contribution is 5.79. The van der Waals surface area contributed by atoms with Gasteiger partial charge in [0.15, 0.2) is 0 Å². The van der Waals surface area contributed by atoms with Gasteiger partial charge in [0, 0.05) is 12.0 Å². The minimum Gasteiger partial charge on any atom is -0.350 e. The Morgan fingerprint density at radius 3 is 2.28 bits per heavy atom. The van der Waals surface area contributed by atoms with Crippen molar-refractivity contribution in [2.75, 3.05) is 0 Å². The number of aryl methyl sites for hydroxylation is 2. The van der Waals surface area contributed by atoms with Crippen molar-refractivity contribution in [3.8, 4) is 0 Å². The summed E-state index contributed by atoms with van der Waals surface area (Å²) in [6, 6.07) is 6.67. The van der Waals surface area contributed by atoms with Crippen LogP contribution in [0.2, 0.25) is 0 Å². The lowest BCUT2D eigenvalue weighted by Crippen LogP contribution is -2.48. The summed E-state index contributed by atoms with van der Waals surface area (Å²) in [5.41, 5.74) is 3.89. The fraction of sp³-hybridized carbons (Fsp3) is 0.562. The van der Waals surface area contributed by atoms with Crippen LogP contribution in [0.3, 0.4) is 0 Å². The molecule has 1 saturated heterocycles. The van der Waals surface area contributed by atoms with E-state index in [1.54, 1.807) is 0 Å². The van der Waals surface area contributed by atoms with Crippen LogP contribution in [-0.4, -0.2) is 11.4 Å². The van der Waals surface area contributed by atoms with Gasteiger partial charge in [-0.05, 0) is 38.2 Å². The van der Waals surface area contributed by atoms with Crippen LogP contribution in [0.1, 0.15) is 43.4 Å². The smallest absolute Gasteiger partial charge is 0.220 e. The lowest BCUT2D eigenvalue weighted by Gasteiger charge is -2.34. The second-order valence-electron chi connectivity index (χ2n) is 6.03. The van der Waals surface area contributed by atoms with Crippen molar-refractivity contribution < 1.29 is 4.79 Å². The van der Waals surface area contributed by atoms with Crippen LogP contribution in [0.4, 0.5) is 0 Å². The van der Waals surface area contributed by atoms with E-state index in [0.29, 0.717) is 12.3 Å². The molecule has 2 nitrogen and oxygen atoms in total. The third kappa shape index (κ3) is 2.58. The fourth-order valence-electron chi connectivity index (χ4n) is 3.04. The molecule has 1 atom stereocenters. The Morgan fingerprint density at radius 1 is 1.22 bits per heavy atom. The Kier molecular flexibility index (Phi) is 3.47. The third-order valence-corrected chi connectivity index (χ3v) is 4.09. The number of carbonyl (C=O) groups excluding carboxylic acids is 1. The highest BCUT2D eigenvalue weighted by Crippen LogP contribution is 2.32. The minimum atomic E-state index is -0.0443. The van der Waals surface area contributed by atoms with Crippen LogP contribution in [0.25, 0.3) is 0 Å². The van der Waals surface area contributed by atoms with Gasteiger partial charge in [-0.15, -0.1) is 0 Å². The molecule has 1 unspecified atom stereocenters. The lowest BCUT2D eigenvalue weighted by atomic mass is 9.79. The molecule has 0 aromatic heterocycles. The lowest BCUT2D eigenvalue weighted by molar-refractivity contribution is -0.120. The molecule has 1 fully saturated rings. The monoisotopic (exact) mass is 245 g/mol. The zero-order chi connectivity index (χ0) is 13.3. The van der Waals surface area contributed by atoms with E-state index in [-0.39, 0.29) is 11.4 Å². The first kappa shape index (κ1) is 13.1. The Bertz CT molecular complexity index is 444. The fourth-order valence-corrected chi connectivity index (χ4v) is 3.04. The zero-order valence-corrected chi connectivity index (χ0v) is 11.8. The maximum absolute atomic E-state index is 11.6. The zero-order valence-electron chi connectivity index (χ0n) is 11.8. The highest BCUT2D eigenvalue weighted by Gasteiger charge is 2.40. The van der Waals surface area contributed by atoms with Crippen LogP contribution in [0.15, 0.2) is 18.2 Å². The van der Waals surface area contributed by atoms with Gasteiger partial charge in [0.1, 0.15) is 0 Å². The molecule has 0 saturated carbocycles. The molecular formula is C16H23NO. The Balaban J connectivity index is 2.27. The van der Waals surface area contributed by atoms with Crippen molar-refractivity contribution in [1.29, 1.82) is 0 Å². The summed E-state index contributed by atoms with van der Waals surface area (Å²) in [5.74, 6) is 0.665. The van der Waals surface area contributed by atoms with E-state index in [1.165, 1.54) is 16.7 Å². The van der Waals surface area contributed by atoms with Gasteiger partial charge in [-0.1, -0.05) is 43.2 Å². The topological polar surface area (TPSA) is 29.1 Å². The van der Waals surface area contributed by atoms with Crippen molar-refractivity contribution in [1.82, 2.24) is 5.32 Å². The molecule has 2 heteroatoms. The molecule has 2 rings (SSSR count). The van der Waals surface area contributed by atoms with E-state index in [4.69, 9.17) is 0 Å². The largest absolute Gasteiger partial charge is 0.350 e. The number of nitrogens with one attached hydrogen (secondary N) is 1. The molecule has 1 amide bonds. The van der Waals surface area contributed by atoms with Crippen LogP contribution in [0, 0.1) is 19.8 Å². The number of carbonyl (C=O) groups is 1. The highest BCUT2D eigenvalue weighted by atomic mass is 16.2. The van der Waals surface area contributed by atoms with E-state index in [1.807, 2.05) is 0 Å². The maximum Gasteiger partial charge on any atom is 0.220 e. The molecule has 1 aromatic carbocycles. The average Bonchev–Trinajstić information content (AvgIpc) is 2.59. The third-order valence-electron chi connectivity index (χ3n) is 4.09. The second kappa shape index (κ2) is 4.75. The van der Waals surface area contributed by atoms with E-state index in [0.717, 1.165) is 12.8 Å². The molecule has 0 bridgehead atoms. The number of hydrogen-bond acceptors (Lipinski definition) is 1. The summed E-state index contributed by atoms with van der Waals surface area (Å²) in [6.45, 7) is 8.67. The summed E-state index contributed by atoms with van der Waals surface area (Å²) in [7, 11) is 0. The van der Waals surface area contributed by atoms with Crippen molar-refractivity contribution >= 4 is 5.91 Å². The molecule has 1 N–H and O–H groups in total. The summed E-state index contributed by atoms with van der Waals surface area (Å²) >= 11 is 0. The van der Waals surface area contributed by atoms with Crippen molar-refractivity contribution in [3.63, 3.8) is 0 Å². The molecule has 0 aliphatic carbocycles. The normalized spacial score (nSPS) is 23.5. The number of benzene rings is 1.